The second-order valence-corrected chi connectivity index (χ2v) is 21.5. The van der Waals surface area contributed by atoms with E-state index in [1.807, 2.05) is 4.57 Å². The molecule has 4 unspecified atom stereocenters. The molecule has 1 saturated heterocycles. The van der Waals surface area contributed by atoms with Gasteiger partial charge in [-0.3, -0.25) is 4.57 Å². The predicted molar refractivity (Wildman–Crippen MR) is 135 cm³/mol. The first-order chi connectivity index (χ1) is 15.0. The number of rotatable bonds is 6. The molecule has 11 heteroatoms. The maximum absolute atomic E-state index is 10.3. The molecule has 3 N–H and O–H groups in total. The standard InChI is InChI=1S/C22H41N5O4Si2/c1-21(2,3)32(7,8)30-16-14(11-28)29-20(17(16)31-33(9,10)22(4,5)6)27-13-26-15-18(23)24-12-25-19(15)27/h12-14,16-17,20,28H,11H2,1-10H3,(H2,23,24,25). The maximum atomic E-state index is 10.3. The van der Waals surface area contributed by atoms with E-state index in [-0.39, 0.29) is 16.7 Å². The third-order valence-electron chi connectivity index (χ3n) is 7.60. The zero-order valence-electron chi connectivity index (χ0n) is 21.7. The first-order valence-corrected chi connectivity index (χ1v) is 17.4. The van der Waals surface area contributed by atoms with E-state index in [1.165, 1.54) is 6.33 Å². The van der Waals surface area contributed by atoms with Crippen LogP contribution in [0.3, 0.4) is 0 Å². The summed E-state index contributed by atoms with van der Waals surface area (Å²) in [6, 6.07) is 0. The van der Waals surface area contributed by atoms with Crippen molar-refractivity contribution in [3.05, 3.63) is 12.7 Å². The van der Waals surface area contributed by atoms with Crippen molar-refractivity contribution < 1.29 is 18.7 Å². The summed E-state index contributed by atoms with van der Waals surface area (Å²) in [5, 5.41) is 10.3. The number of nitrogen functional groups attached to an aromatic ring is 1. The van der Waals surface area contributed by atoms with Gasteiger partial charge in [0.2, 0.25) is 0 Å². The Labute approximate surface area is 199 Å². The molecule has 1 aliphatic rings. The summed E-state index contributed by atoms with van der Waals surface area (Å²) in [5.74, 6) is 0.311. The molecule has 0 amide bonds. The Balaban J connectivity index is 2.10. The van der Waals surface area contributed by atoms with Crippen LogP contribution >= 0.6 is 0 Å². The summed E-state index contributed by atoms with van der Waals surface area (Å²) in [6.45, 7) is 21.9. The molecule has 3 rings (SSSR count). The summed E-state index contributed by atoms with van der Waals surface area (Å²) in [7, 11) is -4.42. The summed E-state index contributed by atoms with van der Waals surface area (Å²) < 4.78 is 22.1. The number of aromatic nitrogens is 4. The van der Waals surface area contributed by atoms with Crippen LogP contribution in [0.4, 0.5) is 5.82 Å². The number of fused-ring (bicyclic) bond motifs is 1. The van der Waals surface area contributed by atoms with E-state index >= 15 is 0 Å². The van der Waals surface area contributed by atoms with Crippen molar-refractivity contribution in [3.8, 4) is 0 Å². The summed E-state index contributed by atoms with van der Waals surface area (Å²) in [6.07, 6.45) is 1.12. The van der Waals surface area contributed by atoms with Gasteiger partial charge in [-0.1, -0.05) is 41.5 Å². The molecule has 0 bridgehead atoms. The molecule has 9 nitrogen and oxygen atoms in total. The lowest BCUT2D eigenvalue weighted by Gasteiger charge is -2.44. The van der Waals surface area contributed by atoms with Crippen LogP contribution in [0, 0.1) is 0 Å². The minimum Gasteiger partial charge on any atom is -0.408 e. The van der Waals surface area contributed by atoms with Crippen molar-refractivity contribution in [1.29, 1.82) is 0 Å². The van der Waals surface area contributed by atoms with E-state index in [2.05, 4.69) is 82.7 Å². The monoisotopic (exact) mass is 495 g/mol. The van der Waals surface area contributed by atoms with Gasteiger partial charge in [-0.25, -0.2) is 15.0 Å². The highest BCUT2D eigenvalue weighted by Crippen LogP contribution is 2.46. The molecule has 186 valence electrons. The van der Waals surface area contributed by atoms with E-state index in [4.69, 9.17) is 19.3 Å². The summed E-state index contributed by atoms with van der Waals surface area (Å²) in [4.78, 5) is 12.9. The largest absolute Gasteiger partial charge is 0.408 e. The molecule has 1 fully saturated rings. The van der Waals surface area contributed by atoms with Crippen molar-refractivity contribution in [2.75, 3.05) is 12.3 Å². The van der Waals surface area contributed by atoms with Crippen molar-refractivity contribution in [3.63, 3.8) is 0 Å². The first-order valence-electron chi connectivity index (χ1n) is 11.5. The fourth-order valence-corrected chi connectivity index (χ4v) is 6.04. The van der Waals surface area contributed by atoms with Gasteiger partial charge in [0.25, 0.3) is 0 Å². The second kappa shape index (κ2) is 8.69. The summed E-state index contributed by atoms with van der Waals surface area (Å²) in [5.41, 5.74) is 7.11. The topological polar surface area (TPSA) is 118 Å². The molecule has 2 aromatic heterocycles. The van der Waals surface area contributed by atoms with E-state index in [0.29, 0.717) is 17.0 Å². The number of anilines is 1. The van der Waals surface area contributed by atoms with Gasteiger partial charge in [-0.15, -0.1) is 0 Å². The number of nitrogens with zero attached hydrogens (tertiary/aromatic N) is 4. The van der Waals surface area contributed by atoms with Crippen LogP contribution in [-0.4, -0.2) is 66.2 Å². The molecule has 0 spiro atoms. The molecule has 4 atom stereocenters. The fraction of sp³-hybridized carbons (Fsp3) is 0.773. The normalized spacial score (nSPS) is 25.2. The number of aliphatic hydroxyl groups is 1. The summed E-state index contributed by atoms with van der Waals surface area (Å²) >= 11 is 0. The van der Waals surface area contributed by atoms with Crippen LogP contribution in [-0.2, 0) is 13.6 Å². The lowest BCUT2D eigenvalue weighted by Crippen LogP contribution is -2.53. The van der Waals surface area contributed by atoms with Crippen LogP contribution < -0.4 is 5.73 Å². The van der Waals surface area contributed by atoms with Gasteiger partial charge in [0.1, 0.15) is 30.2 Å². The number of ether oxygens (including phenoxy) is 1. The van der Waals surface area contributed by atoms with Gasteiger partial charge < -0.3 is 24.4 Å². The fourth-order valence-electron chi connectivity index (χ4n) is 3.44. The third-order valence-corrected chi connectivity index (χ3v) is 16.5. The molecular formula is C22H41N5O4Si2. The number of hydrogen-bond acceptors (Lipinski definition) is 8. The lowest BCUT2D eigenvalue weighted by molar-refractivity contribution is -0.0491. The number of imidazole rings is 1. The SMILES string of the molecule is CC(C)(C)[Si](C)(C)OC1C(CO)OC(n2cnc3c(N)ncnc32)C1O[Si](C)(C)C(C)(C)C. The number of aliphatic hydroxyl groups excluding tert-OH is 1. The molecule has 0 aromatic carbocycles. The van der Waals surface area contributed by atoms with Gasteiger partial charge in [0.05, 0.1) is 12.9 Å². The van der Waals surface area contributed by atoms with Crippen LogP contribution in [0.25, 0.3) is 11.2 Å². The zero-order chi connectivity index (χ0) is 25.0. The Morgan fingerprint density at radius 2 is 1.52 bits per heavy atom. The van der Waals surface area contributed by atoms with Crippen LogP contribution in [0.1, 0.15) is 47.8 Å². The van der Waals surface area contributed by atoms with Crippen LogP contribution in [0.2, 0.25) is 36.3 Å². The van der Waals surface area contributed by atoms with E-state index in [0.717, 1.165) is 0 Å². The van der Waals surface area contributed by atoms with E-state index < -0.39 is 41.2 Å². The van der Waals surface area contributed by atoms with Gasteiger partial charge in [-0.2, -0.15) is 0 Å². The molecule has 0 radical (unpaired) electrons. The first kappa shape index (κ1) is 26.2. The Hall–Kier alpha value is -1.38. The quantitative estimate of drug-likeness (QED) is 0.576. The van der Waals surface area contributed by atoms with Crippen molar-refractivity contribution in [1.82, 2.24) is 19.5 Å². The van der Waals surface area contributed by atoms with E-state index in [1.54, 1.807) is 6.33 Å². The highest BCUT2D eigenvalue weighted by Gasteiger charge is 2.54. The maximum Gasteiger partial charge on any atom is 0.192 e. The van der Waals surface area contributed by atoms with Crippen LogP contribution in [0.15, 0.2) is 12.7 Å². The smallest absolute Gasteiger partial charge is 0.192 e. The number of hydrogen-bond donors (Lipinski definition) is 2. The van der Waals surface area contributed by atoms with Gasteiger partial charge in [0, 0.05) is 0 Å². The molecule has 0 saturated carbocycles. The zero-order valence-corrected chi connectivity index (χ0v) is 23.7. The van der Waals surface area contributed by atoms with Gasteiger partial charge >= 0.3 is 0 Å². The molecule has 3 heterocycles. The van der Waals surface area contributed by atoms with Crippen molar-refractivity contribution in [2.24, 2.45) is 0 Å². The molecule has 0 aliphatic carbocycles. The molecular weight excluding hydrogens is 454 g/mol. The average molecular weight is 496 g/mol. The molecule has 2 aromatic rings. The minimum atomic E-state index is -2.23. The average Bonchev–Trinajstić information content (AvgIpc) is 3.22. The minimum absolute atomic E-state index is 0.00397. The van der Waals surface area contributed by atoms with E-state index in [9.17, 15) is 5.11 Å². The highest BCUT2D eigenvalue weighted by molar-refractivity contribution is 6.74. The van der Waals surface area contributed by atoms with Crippen LogP contribution in [0.5, 0.6) is 0 Å². The second-order valence-electron chi connectivity index (χ2n) is 12.0. The Morgan fingerprint density at radius 3 is 2.03 bits per heavy atom. The van der Waals surface area contributed by atoms with Gasteiger partial charge in [-0.05, 0) is 36.3 Å². The van der Waals surface area contributed by atoms with Crippen molar-refractivity contribution >= 4 is 33.6 Å². The Kier molecular flexibility index (Phi) is 6.90. The Morgan fingerprint density at radius 1 is 0.970 bits per heavy atom. The molecule has 33 heavy (non-hydrogen) atoms. The predicted octanol–water partition coefficient (Wildman–Crippen LogP) is 4.08. The van der Waals surface area contributed by atoms with Gasteiger partial charge in [0.15, 0.2) is 34.3 Å². The molecule has 1 aliphatic heterocycles. The Bertz CT molecular complexity index is 983. The number of nitrogens with two attached hydrogens (primary N) is 1. The highest BCUT2D eigenvalue weighted by atomic mass is 28.4. The lowest BCUT2D eigenvalue weighted by atomic mass is 10.1. The third kappa shape index (κ3) is 4.89. The van der Waals surface area contributed by atoms with Crippen molar-refractivity contribution in [2.45, 2.75) is 102 Å².